The summed E-state index contributed by atoms with van der Waals surface area (Å²) in [6.45, 7) is -0.105. The molecule has 0 heterocycles. The maximum Gasteiger partial charge on any atom is 0.390 e. The van der Waals surface area contributed by atoms with E-state index in [1.54, 1.807) is 30.3 Å². The number of hydrogen-bond donors (Lipinski definition) is 2. The van der Waals surface area contributed by atoms with Crippen LogP contribution in [0.2, 0.25) is 0 Å². The number of benzene rings is 1. The number of carbonyl (C=O) groups excluding carboxylic acids is 1. The van der Waals surface area contributed by atoms with Crippen molar-refractivity contribution >= 4 is 5.91 Å². The summed E-state index contributed by atoms with van der Waals surface area (Å²) in [6.07, 6.45) is -3.36. The first-order chi connectivity index (χ1) is 9.44. The van der Waals surface area contributed by atoms with Crippen LogP contribution in [0.25, 0.3) is 0 Å². The van der Waals surface area contributed by atoms with Crippen molar-refractivity contribution in [2.75, 3.05) is 6.54 Å². The van der Waals surface area contributed by atoms with E-state index >= 15 is 0 Å². The van der Waals surface area contributed by atoms with E-state index in [0.29, 0.717) is 5.56 Å². The molecule has 0 aliphatic heterocycles. The average Bonchev–Trinajstić information content (AvgIpc) is 3.18. The monoisotopic (exact) mass is 286 g/mol. The lowest BCUT2D eigenvalue weighted by molar-refractivity contribution is -0.141. The predicted octanol–water partition coefficient (Wildman–Crippen LogP) is 2.55. The minimum atomic E-state index is -4.28. The van der Waals surface area contributed by atoms with Crippen molar-refractivity contribution in [3.63, 3.8) is 0 Å². The van der Waals surface area contributed by atoms with Crippen LogP contribution in [0.4, 0.5) is 13.2 Å². The number of halogens is 3. The minimum Gasteiger partial charge on any atom is -0.352 e. The molecule has 2 rings (SSSR count). The molecule has 1 aromatic rings. The molecule has 0 bridgehead atoms. The Morgan fingerprint density at radius 1 is 1.25 bits per heavy atom. The van der Waals surface area contributed by atoms with Gasteiger partial charge in [0.15, 0.2) is 0 Å². The first-order valence-corrected chi connectivity index (χ1v) is 6.58. The second-order valence-corrected chi connectivity index (χ2v) is 5.01. The Morgan fingerprint density at radius 3 is 2.45 bits per heavy atom. The zero-order chi connectivity index (χ0) is 14.6. The van der Waals surface area contributed by atoms with Crippen LogP contribution in [0, 0.1) is 0 Å². The Hall–Kier alpha value is -1.56. The number of hydrogen-bond acceptors (Lipinski definition) is 2. The molecule has 1 aliphatic rings. The number of nitrogens with one attached hydrogen (secondary N) is 2. The first-order valence-electron chi connectivity index (χ1n) is 6.58. The van der Waals surface area contributed by atoms with Crippen LogP contribution >= 0.6 is 0 Å². The second kappa shape index (κ2) is 6.26. The lowest BCUT2D eigenvalue weighted by atomic mass is 10.0. The third-order valence-electron chi connectivity index (χ3n) is 3.09. The molecule has 1 unspecified atom stereocenters. The zero-order valence-electron chi connectivity index (χ0n) is 10.9. The average molecular weight is 286 g/mol. The summed E-state index contributed by atoms with van der Waals surface area (Å²) < 4.78 is 37.8. The number of alkyl halides is 3. The van der Waals surface area contributed by atoms with Crippen molar-refractivity contribution in [1.29, 1.82) is 0 Å². The molecule has 1 saturated carbocycles. The van der Waals surface area contributed by atoms with Gasteiger partial charge in [0.05, 0.1) is 13.0 Å². The topological polar surface area (TPSA) is 41.1 Å². The number of carbonyl (C=O) groups is 1. The molecule has 2 N–H and O–H groups in total. The van der Waals surface area contributed by atoms with Gasteiger partial charge in [-0.2, -0.15) is 13.2 Å². The van der Waals surface area contributed by atoms with E-state index < -0.39 is 18.6 Å². The quantitative estimate of drug-likeness (QED) is 0.844. The van der Waals surface area contributed by atoms with E-state index in [1.807, 2.05) is 0 Å². The van der Waals surface area contributed by atoms with Crippen molar-refractivity contribution in [3.8, 4) is 0 Å². The fourth-order valence-electron chi connectivity index (χ4n) is 1.95. The van der Waals surface area contributed by atoms with Crippen LogP contribution in [0.5, 0.6) is 0 Å². The number of amides is 1. The number of rotatable bonds is 6. The van der Waals surface area contributed by atoms with Crippen LogP contribution in [0.15, 0.2) is 30.3 Å². The first kappa shape index (κ1) is 14.8. The summed E-state index contributed by atoms with van der Waals surface area (Å²) in [5.41, 5.74) is 0.532. The van der Waals surface area contributed by atoms with Gasteiger partial charge in [-0.3, -0.25) is 4.79 Å². The van der Waals surface area contributed by atoms with Crippen LogP contribution in [-0.2, 0) is 4.79 Å². The summed E-state index contributed by atoms with van der Waals surface area (Å²) >= 11 is 0. The van der Waals surface area contributed by atoms with Gasteiger partial charge in [-0.1, -0.05) is 30.3 Å². The van der Waals surface area contributed by atoms with Crippen molar-refractivity contribution in [2.45, 2.75) is 37.5 Å². The molecule has 0 saturated heterocycles. The van der Waals surface area contributed by atoms with Gasteiger partial charge in [0.2, 0.25) is 5.91 Å². The summed E-state index contributed by atoms with van der Waals surface area (Å²) in [5.74, 6) is -0.254. The van der Waals surface area contributed by atoms with Crippen molar-refractivity contribution < 1.29 is 18.0 Å². The van der Waals surface area contributed by atoms with Gasteiger partial charge < -0.3 is 10.6 Å². The van der Waals surface area contributed by atoms with E-state index in [9.17, 15) is 18.0 Å². The molecule has 1 aromatic carbocycles. The van der Waals surface area contributed by atoms with Crippen LogP contribution in [0.3, 0.4) is 0 Å². The third kappa shape index (κ3) is 5.21. The highest BCUT2D eigenvalue weighted by Gasteiger charge is 2.33. The summed E-state index contributed by atoms with van der Waals surface area (Å²) in [4.78, 5) is 11.5. The lowest BCUT2D eigenvalue weighted by Gasteiger charge is -2.20. The van der Waals surface area contributed by atoms with Gasteiger partial charge >= 0.3 is 6.18 Å². The fourth-order valence-corrected chi connectivity index (χ4v) is 1.95. The van der Waals surface area contributed by atoms with Gasteiger partial charge in [0.25, 0.3) is 0 Å². The normalized spacial score (nSPS) is 16.8. The Bertz CT molecular complexity index is 443. The molecule has 0 aromatic heterocycles. The molecular formula is C14H17F3N2O. The maximum absolute atomic E-state index is 12.6. The Kier molecular flexibility index (Phi) is 4.65. The lowest BCUT2D eigenvalue weighted by Crippen LogP contribution is -2.38. The van der Waals surface area contributed by atoms with E-state index in [4.69, 9.17) is 0 Å². The SMILES string of the molecule is O=C(CNC(CC(F)(F)F)c1ccccc1)NC1CC1. The Balaban J connectivity index is 1.93. The van der Waals surface area contributed by atoms with Crippen LogP contribution in [0.1, 0.15) is 30.9 Å². The Morgan fingerprint density at radius 2 is 1.90 bits per heavy atom. The van der Waals surface area contributed by atoms with E-state index in [2.05, 4.69) is 10.6 Å². The molecule has 0 radical (unpaired) electrons. The predicted molar refractivity (Wildman–Crippen MR) is 69.0 cm³/mol. The molecule has 0 spiro atoms. The maximum atomic E-state index is 12.6. The Labute approximate surface area is 115 Å². The smallest absolute Gasteiger partial charge is 0.352 e. The van der Waals surface area contributed by atoms with E-state index in [0.717, 1.165) is 12.8 Å². The molecule has 20 heavy (non-hydrogen) atoms. The highest BCUT2D eigenvalue weighted by Crippen LogP contribution is 2.29. The molecular weight excluding hydrogens is 269 g/mol. The third-order valence-corrected chi connectivity index (χ3v) is 3.09. The fraction of sp³-hybridized carbons (Fsp3) is 0.500. The van der Waals surface area contributed by atoms with Gasteiger partial charge in [0.1, 0.15) is 0 Å². The highest BCUT2D eigenvalue weighted by atomic mass is 19.4. The van der Waals surface area contributed by atoms with Gasteiger partial charge in [0, 0.05) is 12.1 Å². The van der Waals surface area contributed by atoms with Crippen molar-refractivity contribution in [3.05, 3.63) is 35.9 Å². The van der Waals surface area contributed by atoms with Gasteiger partial charge in [-0.15, -0.1) is 0 Å². The van der Waals surface area contributed by atoms with Crippen LogP contribution in [-0.4, -0.2) is 24.7 Å². The van der Waals surface area contributed by atoms with E-state index in [1.165, 1.54) is 0 Å². The zero-order valence-corrected chi connectivity index (χ0v) is 10.9. The second-order valence-electron chi connectivity index (χ2n) is 5.01. The molecule has 1 aliphatic carbocycles. The standard InChI is InChI=1S/C14H17F3N2O/c15-14(16,17)8-12(10-4-2-1-3-5-10)18-9-13(20)19-11-6-7-11/h1-5,11-12,18H,6-9H2,(H,19,20). The van der Waals surface area contributed by atoms with Crippen molar-refractivity contribution in [1.82, 2.24) is 10.6 Å². The molecule has 6 heteroatoms. The van der Waals surface area contributed by atoms with Gasteiger partial charge in [-0.25, -0.2) is 0 Å². The largest absolute Gasteiger partial charge is 0.390 e. The summed E-state index contributed by atoms with van der Waals surface area (Å²) in [5, 5.41) is 5.43. The molecule has 3 nitrogen and oxygen atoms in total. The molecule has 1 amide bonds. The molecule has 110 valence electrons. The highest BCUT2D eigenvalue weighted by molar-refractivity contribution is 5.78. The summed E-state index contributed by atoms with van der Waals surface area (Å²) in [7, 11) is 0. The molecule has 1 fully saturated rings. The minimum absolute atomic E-state index is 0.105. The van der Waals surface area contributed by atoms with Gasteiger partial charge in [-0.05, 0) is 18.4 Å². The molecule has 1 atom stereocenters. The summed E-state index contributed by atoms with van der Waals surface area (Å²) in [6, 6.07) is 7.68. The van der Waals surface area contributed by atoms with E-state index in [-0.39, 0.29) is 18.5 Å². The van der Waals surface area contributed by atoms with Crippen molar-refractivity contribution in [2.24, 2.45) is 0 Å². The van der Waals surface area contributed by atoms with Crippen LogP contribution < -0.4 is 10.6 Å².